The molecular formula is C11H19N5O2. The number of piperidine rings is 1. The van der Waals surface area contributed by atoms with Gasteiger partial charge in [-0.05, 0) is 32.9 Å². The number of hydrogen-bond acceptors (Lipinski definition) is 5. The molecule has 1 atom stereocenters. The van der Waals surface area contributed by atoms with Gasteiger partial charge in [0.1, 0.15) is 0 Å². The van der Waals surface area contributed by atoms with Crippen molar-refractivity contribution in [2.75, 3.05) is 25.0 Å². The summed E-state index contributed by atoms with van der Waals surface area (Å²) in [4.78, 5) is 26.8. The van der Waals surface area contributed by atoms with Crippen LogP contribution in [0.4, 0.5) is 5.82 Å². The Kier molecular flexibility index (Phi) is 4.14. The van der Waals surface area contributed by atoms with Gasteiger partial charge in [0.15, 0.2) is 0 Å². The fourth-order valence-corrected chi connectivity index (χ4v) is 2.20. The molecule has 0 aliphatic carbocycles. The van der Waals surface area contributed by atoms with Crippen molar-refractivity contribution in [3.63, 3.8) is 0 Å². The van der Waals surface area contributed by atoms with Gasteiger partial charge in [-0.25, -0.2) is 9.89 Å². The van der Waals surface area contributed by atoms with Crippen LogP contribution in [-0.2, 0) is 0 Å². The second-order valence-electron chi connectivity index (χ2n) is 4.68. The van der Waals surface area contributed by atoms with Gasteiger partial charge in [0.25, 0.3) is 5.56 Å². The largest absolute Gasteiger partial charge is 0.362 e. The first-order chi connectivity index (χ1) is 8.66. The van der Waals surface area contributed by atoms with E-state index in [1.165, 1.54) is 19.3 Å². The van der Waals surface area contributed by atoms with Crippen LogP contribution in [0.25, 0.3) is 0 Å². The van der Waals surface area contributed by atoms with Crippen molar-refractivity contribution < 1.29 is 0 Å². The zero-order valence-electron chi connectivity index (χ0n) is 10.5. The minimum absolute atomic E-state index is 0.165. The van der Waals surface area contributed by atoms with Crippen LogP contribution < -0.4 is 16.6 Å². The van der Waals surface area contributed by atoms with E-state index < -0.39 is 11.2 Å². The molecule has 0 spiro atoms. The molecule has 1 saturated heterocycles. The zero-order valence-corrected chi connectivity index (χ0v) is 10.5. The molecule has 7 heteroatoms. The minimum atomic E-state index is -0.588. The lowest BCUT2D eigenvalue weighted by Gasteiger charge is -2.32. The monoisotopic (exact) mass is 253 g/mol. The average Bonchev–Trinajstić information content (AvgIpc) is 2.38. The van der Waals surface area contributed by atoms with Crippen LogP contribution in [0.15, 0.2) is 9.59 Å². The molecule has 0 radical (unpaired) electrons. The highest BCUT2D eigenvalue weighted by Crippen LogP contribution is 2.11. The molecule has 0 aromatic carbocycles. The van der Waals surface area contributed by atoms with E-state index in [-0.39, 0.29) is 5.82 Å². The van der Waals surface area contributed by atoms with Gasteiger partial charge in [0.2, 0.25) is 5.82 Å². The third kappa shape index (κ3) is 3.19. The van der Waals surface area contributed by atoms with Crippen LogP contribution in [0.5, 0.6) is 0 Å². The SMILES string of the molecule is CC(CNc1n[nH]c(=O)[nH]c1=O)N1CCCCC1. The Morgan fingerprint density at radius 2 is 2.06 bits per heavy atom. The molecule has 1 aromatic heterocycles. The van der Waals surface area contributed by atoms with Gasteiger partial charge >= 0.3 is 5.69 Å². The summed E-state index contributed by atoms with van der Waals surface area (Å²) >= 11 is 0. The van der Waals surface area contributed by atoms with E-state index in [1.807, 2.05) is 0 Å². The molecule has 1 aliphatic heterocycles. The first-order valence-electron chi connectivity index (χ1n) is 6.34. The summed E-state index contributed by atoms with van der Waals surface area (Å²) in [5, 5.41) is 8.86. The first-order valence-corrected chi connectivity index (χ1v) is 6.34. The molecule has 1 unspecified atom stereocenters. The zero-order chi connectivity index (χ0) is 13.0. The number of anilines is 1. The normalized spacial score (nSPS) is 18.5. The smallest absolute Gasteiger partial charge is 0.342 e. The van der Waals surface area contributed by atoms with Gasteiger partial charge < -0.3 is 5.32 Å². The molecular weight excluding hydrogens is 234 g/mol. The highest BCUT2D eigenvalue weighted by atomic mass is 16.2. The highest BCUT2D eigenvalue weighted by Gasteiger charge is 2.16. The Labute approximate surface area is 105 Å². The van der Waals surface area contributed by atoms with Crippen molar-refractivity contribution in [1.82, 2.24) is 20.1 Å². The molecule has 0 saturated carbocycles. The van der Waals surface area contributed by atoms with Gasteiger partial charge in [-0.1, -0.05) is 6.42 Å². The van der Waals surface area contributed by atoms with E-state index >= 15 is 0 Å². The van der Waals surface area contributed by atoms with Crippen molar-refractivity contribution in [2.24, 2.45) is 0 Å². The second kappa shape index (κ2) is 5.81. The Balaban J connectivity index is 1.90. The molecule has 0 bridgehead atoms. The van der Waals surface area contributed by atoms with Crippen molar-refractivity contribution in [3.8, 4) is 0 Å². The Morgan fingerprint density at radius 3 is 2.72 bits per heavy atom. The lowest BCUT2D eigenvalue weighted by atomic mass is 10.1. The van der Waals surface area contributed by atoms with Gasteiger partial charge in [0.05, 0.1) is 0 Å². The van der Waals surface area contributed by atoms with E-state index in [9.17, 15) is 9.59 Å². The third-order valence-electron chi connectivity index (χ3n) is 3.29. The lowest BCUT2D eigenvalue weighted by molar-refractivity contribution is 0.180. The van der Waals surface area contributed by atoms with Crippen LogP contribution in [0, 0.1) is 0 Å². The Bertz CT molecular complexity index is 489. The number of likely N-dealkylation sites (tertiary alicyclic amines) is 1. The van der Waals surface area contributed by atoms with Gasteiger partial charge in [-0.15, -0.1) is 5.10 Å². The summed E-state index contributed by atoms with van der Waals surface area (Å²) in [6, 6.07) is 0.346. The second-order valence-corrected chi connectivity index (χ2v) is 4.68. The van der Waals surface area contributed by atoms with Crippen LogP contribution in [0.2, 0.25) is 0 Å². The van der Waals surface area contributed by atoms with Crippen LogP contribution in [0.3, 0.4) is 0 Å². The maximum atomic E-state index is 11.4. The van der Waals surface area contributed by atoms with E-state index in [0.717, 1.165) is 13.1 Å². The average molecular weight is 253 g/mol. The summed E-state index contributed by atoms with van der Waals surface area (Å²) in [7, 11) is 0. The van der Waals surface area contributed by atoms with Crippen LogP contribution in [0.1, 0.15) is 26.2 Å². The predicted octanol–water partition coefficient (Wildman–Crippen LogP) is -0.255. The van der Waals surface area contributed by atoms with Gasteiger partial charge in [0, 0.05) is 12.6 Å². The fourth-order valence-electron chi connectivity index (χ4n) is 2.20. The molecule has 7 nitrogen and oxygen atoms in total. The number of aromatic nitrogens is 3. The van der Waals surface area contributed by atoms with Crippen molar-refractivity contribution in [1.29, 1.82) is 0 Å². The highest BCUT2D eigenvalue weighted by molar-refractivity contribution is 5.28. The molecule has 0 amide bonds. The van der Waals surface area contributed by atoms with E-state index in [0.29, 0.717) is 12.6 Å². The van der Waals surface area contributed by atoms with Crippen molar-refractivity contribution in [3.05, 3.63) is 20.8 Å². The quantitative estimate of drug-likeness (QED) is 0.687. The molecule has 1 aliphatic rings. The standard InChI is InChI=1S/C11H19N5O2/c1-8(16-5-3-2-4-6-16)7-12-9-10(17)13-11(18)15-14-9/h8H,2-7H2,1H3,(H,12,14)(H2,13,15,17,18). The van der Waals surface area contributed by atoms with Gasteiger partial charge in [-0.3, -0.25) is 14.7 Å². The Morgan fingerprint density at radius 1 is 1.33 bits per heavy atom. The van der Waals surface area contributed by atoms with Crippen molar-refractivity contribution >= 4 is 5.82 Å². The predicted molar refractivity (Wildman–Crippen MR) is 68.9 cm³/mol. The number of H-pyrrole nitrogens is 2. The van der Waals surface area contributed by atoms with Gasteiger partial charge in [-0.2, -0.15) is 0 Å². The summed E-state index contributed by atoms with van der Waals surface area (Å²) < 4.78 is 0. The maximum absolute atomic E-state index is 11.4. The summed E-state index contributed by atoms with van der Waals surface area (Å²) in [6.07, 6.45) is 3.78. The number of hydrogen-bond donors (Lipinski definition) is 3. The maximum Gasteiger partial charge on any atom is 0.342 e. The molecule has 100 valence electrons. The number of nitrogens with one attached hydrogen (secondary N) is 3. The summed E-state index contributed by atoms with van der Waals surface area (Å²) in [6.45, 7) is 4.98. The fraction of sp³-hybridized carbons (Fsp3) is 0.727. The minimum Gasteiger partial charge on any atom is -0.362 e. The molecule has 18 heavy (non-hydrogen) atoms. The summed E-state index contributed by atoms with van der Waals surface area (Å²) in [5.41, 5.74) is -1.07. The lowest BCUT2D eigenvalue weighted by Crippen LogP contribution is -2.42. The number of nitrogens with zero attached hydrogens (tertiary/aromatic N) is 2. The first kappa shape index (κ1) is 12.8. The molecule has 3 N–H and O–H groups in total. The van der Waals surface area contributed by atoms with Crippen LogP contribution in [-0.4, -0.2) is 45.8 Å². The molecule has 2 heterocycles. The van der Waals surface area contributed by atoms with Crippen molar-refractivity contribution in [2.45, 2.75) is 32.2 Å². The molecule has 1 aromatic rings. The molecule has 2 rings (SSSR count). The topological polar surface area (TPSA) is 93.9 Å². The molecule has 1 fully saturated rings. The number of aromatic amines is 2. The van der Waals surface area contributed by atoms with Crippen LogP contribution >= 0.6 is 0 Å². The Hall–Kier alpha value is -1.63. The van der Waals surface area contributed by atoms with E-state index in [1.54, 1.807) is 0 Å². The van der Waals surface area contributed by atoms with E-state index in [4.69, 9.17) is 0 Å². The van der Waals surface area contributed by atoms with E-state index in [2.05, 4.69) is 32.3 Å². The summed E-state index contributed by atoms with van der Waals surface area (Å²) in [5.74, 6) is 0.165. The number of rotatable bonds is 4. The third-order valence-corrected chi connectivity index (χ3v) is 3.29.